The standard InChI is InChI=1S/C26H19FN4O3/c27-18-3-1-15(2-4-18)21-13-29-25(30-21)17-11-16-12-19(5-7-22(16)33-14-17)34-23-9-10-28-26-20(23)6-8-24(32)31-26/h1-5,7,9-10,12-14H,6,8,11H2,(H,29,30)(H,28,31,32). The van der Waals surface area contributed by atoms with Crippen LogP contribution < -0.4 is 14.8 Å². The van der Waals surface area contributed by atoms with Crippen molar-refractivity contribution in [1.82, 2.24) is 15.0 Å². The fourth-order valence-electron chi connectivity index (χ4n) is 4.13. The molecule has 168 valence electrons. The molecule has 2 aliphatic rings. The molecule has 8 heteroatoms. The number of carbonyl (C=O) groups is 1. The minimum atomic E-state index is -0.279. The number of ether oxygens (including phenoxy) is 2. The number of carbonyl (C=O) groups excluding carboxylic acids is 1. The van der Waals surface area contributed by atoms with Gasteiger partial charge in [-0.25, -0.2) is 14.4 Å². The predicted molar refractivity (Wildman–Crippen MR) is 124 cm³/mol. The summed E-state index contributed by atoms with van der Waals surface area (Å²) in [4.78, 5) is 23.7. The lowest BCUT2D eigenvalue weighted by molar-refractivity contribution is -0.116. The van der Waals surface area contributed by atoms with Gasteiger partial charge in [-0.2, -0.15) is 0 Å². The summed E-state index contributed by atoms with van der Waals surface area (Å²) in [6.45, 7) is 0. The summed E-state index contributed by atoms with van der Waals surface area (Å²) in [6.07, 6.45) is 6.64. The second kappa shape index (κ2) is 8.15. The first-order valence-electron chi connectivity index (χ1n) is 10.9. The molecule has 2 aliphatic heterocycles. The van der Waals surface area contributed by atoms with Crippen LogP contribution in [0.3, 0.4) is 0 Å². The first-order valence-corrected chi connectivity index (χ1v) is 10.9. The Morgan fingerprint density at radius 3 is 2.79 bits per heavy atom. The van der Waals surface area contributed by atoms with Gasteiger partial charge in [-0.15, -0.1) is 0 Å². The number of anilines is 1. The molecule has 2 aromatic heterocycles. The topological polar surface area (TPSA) is 89.1 Å². The van der Waals surface area contributed by atoms with E-state index in [9.17, 15) is 9.18 Å². The Morgan fingerprint density at radius 2 is 1.91 bits per heavy atom. The summed E-state index contributed by atoms with van der Waals surface area (Å²) in [6, 6.07) is 13.7. The van der Waals surface area contributed by atoms with Crippen LogP contribution in [-0.4, -0.2) is 20.9 Å². The predicted octanol–water partition coefficient (Wildman–Crippen LogP) is 5.26. The number of allylic oxidation sites excluding steroid dienone is 1. The summed E-state index contributed by atoms with van der Waals surface area (Å²) in [5.41, 5.74) is 4.40. The highest BCUT2D eigenvalue weighted by Crippen LogP contribution is 2.37. The van der Waals surface area contributed by atoms with Gasteiger partial charge in [0.05, 0.1) is 18.2 Å². The molecule has 0 fully saturated rings. The van der Waals surface area contributed by atoms with E-state index < -0.39 is 0 Å². The minimum Gasteiger partial charge on any atom is -0.464 e. The number of imidazole rings is 1. The number of pyridine rings is 1. The van der Waals surface area contributed by atoms with Crippen LogP contribution in [0.15, 0.2) is 67.2 Å². The Bertz CT molecular complexity index is 1440. The van der Waals surface area contributed by atoms with Crippen molar-refractivity contribution >= 4 is 17.3 Å². The largest absolute Gasteiger partial charge is 0.464 e. The molecule has 1 amide bonds. The second-order valence-corrected chi connectivity index (χ2v) is 8.15. The van der Waals surface area contributed by atoms with Gasteiger partial charge in [-0.1, -0.05) is 0 Å². The van der Waals surface area contributed by atoms with E-state index in [0.29, 0.717) is 42.4 Å². The van der Waals surface area contributed by atoms with Gasteiger partial charge in [0.15, 0.2) is 0 Å². The number of aromatic amines is 1. The van der Waals surface area contributed by atoms with E-state index in [-0.39, 0.29) is 11.7 Å². The highest BCUT2D eigenvalue weighted by molar-refractivity contribution is 5.93. The lowest BCUT2D eigenvalue weighted by atomic mass is 10.0. The van der Waals surface area contributed by atoms with Crippen LogP contribution in [0.1, 0.15) is 23.4 Å². The zero-order chi connectivity index (χ0) is 23.1. The Morgan fingerprint density at radius 1 is 1.03 bits per heavy atom. The van der Waals surface area contributed by atoms with E-state index >= 15 is 0 Å². The maximum atomic E-state index is 13.2. The second-order valence-electron chi connectivity index (χ2n) is 8.15. The van der Waals surface area contributed by atoms with Gasteiger partial charge < -0.3 is 19.8 Å². The van der Waals surface area contributed by atoms with Gasteiger partial charge in [0.1, 0.15) is 34.7 Å². The zero-order valence-corrected chi connectivity index (χ0v) is 18.0. The van der Waals surface area contributed by atoms with Crippen LogP contribution in [0.4, 0.5) is 10.2 Å². The number of hydrogen-bond acceptors (Lipinski definition) is 5. The van der Waals surface area contributed by atoms with E-state index in [4.69, 9.17) is 9.47 Å². The van der Waals surface area contributed by atoms with Gasteiger partial charge in [-0.05, 0) is 60.5 Å². The number of nitrogens with zero attached hydrogens (tertiary/aromatic N) is 2. The Hall–Kier alpha value is -4.46. The molecule has 0 aliphatic carbocycles. The smallest absolute Gasteiger partial charge is 0.225 e. The van der Waals surface area contributed by atoms with Crippen molar-refractivity contribution < 1.29 is 18.7 Å². The van der Waals surface area contributed by atoms with E-state index in [1.165, 1.54) is 12.1 Å². The quantitative estimate of drug-likeness (QED) is 0.439. The molecule has 2 aromatic carbocycles. The summed E-state index contributed by atoms with van der Waals surface area (Å²) in [7, 11) is 0. The first kappa shape index (κ1) is 20.2. The van der Waals surface area contributed by atoms with Crippen LogP contribution in [0, 0.1) is 5.82 Å². The van der Waals surface area contributed by atoms with Crippen molar-refractivity contribution in [3.63, 3.8) is 0 Å². The fourth-order valence-corrected chi connectivity index (χ4v) is 4.13. The van der Waals surface area contributed by atoms with Crippen molar-refractivity contribution in [2.75, 3.05) is 5.32 Å². The normalized spacial score (nSPS) is 14.4. The highest BCUT2D eigenvalue weighted by atomic mass is 19.1. The van der Waals surface area contributed by atoms with E-state index in [1.54, 1.807) is 36.9 Å². The number of benzene rings is 2. The van der Waals surface area contributed by atoms with Crippen molar-refractivity contribution in [3.05, 3.63) is 90.0 Å². The van der Waals surface area contributed by atoms with Crippen LogP contribution in [0.2, 0.25) is 0 Å². The maximum absolute atomic E-state index is 13.2. The number of amides is 1. The van der Waals surface area contributed by atoms with Crippen molar-refractivity contribution in [3.8, 4) is 28.5 Å². The third-order valence-electron chi connectivity index (χ3n) is 5.88. The van der Waals surface area contributed by atoms with Crippen LogP contribution in [0.25, 0.3) is 16.8 Å². The lowest BCUT2D eigenvalue weighted by Crippen LogP contribution is -2.20. The molecule has 0 bridgehead atoms. The molecule has 2 N–H and O–H groups in total. The minimum absolute atomic E-state index is 0.0390. The number of fused-ring (bicyclic) bond motifs is 2. The Balaban J connectivity index is 1.23. The van der Waals surface area contributed by atoms with Crippen molar-refractivity contribution in [1.29, 1.82) is 0 Å². The van der Waals surface area contributed by atoms with Crippen LogP contribution >= 0.6 is 0 Å². The third-order valence-corrected chi connectivity index (χ3v) is 5.88. The van der Waals surface area contributed by atoms with Crippen molar-refractivity contribution in [2.45, 2.75) is 19.3 Å². The molecule has 0 spiro atoms. The van der Waals surface area contributed by atoms with Gasteiger partial charge in [0.2, 0.25) is 5.91 Å². The highest BCUT2D eigenvalue weighted by Gasteiger charge is 2.21. The van der Waals surface area contributed by atoms with Crippen LogP contribution in [0.5, 0.6) is 17.2 Å². The summed E-state index contributed by atoms with van der Waals surface area (Å²) >= 11 is 0. The molecule has 7 nitrogen and oxygen atoms in total. The molecule has 0 saturated carbocycles. The van der Waals surface area contributed by atoms with E-state index in [2.05, 4.69) is 20.3 Å². The Kier molecular flexibility index (Phi) is 4.83. The molecule has 0 atom stereocenters. The number of H-pyrrole nitrogens is 1. The molecule has 4 heterocycles. The van der Waals surface area contributed by atoms with Crippen molar-refractivity contribution in [2.24, 2.45) is 0 Å². The number of rotatable bonds is 4. The van der Waals surface area contributed by atoms with Gasteiger partial charge in [0.25, 0.3) is 0 Å². The summed E-state index contributed by atoms with van der Waals surface area (Å²) < 4.78 is 25.2. The monoisotopic (exact) mass is 454 g/mol. The van der Waals surface area contributed by atoms with Gasteiger partial charge in [0, 0.05) is 35.7 Å². The van der Waals surface area contributed by atoms with E-state index in [0.717, 1.165) is 33.7 Å². The van der Waals surface area contributed by atoms with Gasteiger partial charge in [-0.3, -0.25) is 4.79 Å². The molecular weight excluding hydrogens is 435 g/mol. The van der Waals surface area contributed by atoms with Crippen LogP contribution in [-0.2, 0) is 17.6 Å². The average molecular weight is 454 g/mol. The first-order chi connectivity index (χ1) is 16.6. The SMILES string of the molecule is O=C1CCc2c(Oc3ccc4c(c3)CC(c3ncc(-c5ccc(F)cc5)[nH]3)=CO4)ccnc2N1. The number of aromatic nitrogens is 3. The summed E-state index contributed by atoms with van der Waals surface area (Å²) in [5, 5.41) is 2.79. The van der Waals surface area contributed by atoms with E-state index in [1.807, 2.05) is 18.2 Å². The molecule has 4 aromatic rings. The number of halogens is 1. The number of nitrogens with one attached hydrogen (secondary N) is 2. The number of hydrogen-bond donors (Lipinski definition) is 2. The third kappa shape index (κ3) is 3.79. The summed E-state index contributed by atoms with van der Waals surface area (Å²) in [5.74, 6) is 3.02. The average Bonchev–Trinajstić information content (AvgIpc) is 3.34. The Labute approximate surface area is 194 Å². The molecule has 0 radical (unpaired) electrons. The maximum Gasteiger partial charge on any atom is 0.225 e. The molecule has 6 rings (SSSR count). The van der Waals surface area contributed by atoms with Gasteiger partial charge >= 0.3 is 0 Å². The lowest BCUT2D eigenvalue weighted by Gasteiger charge is -2.20. The zero-order valence-electron chi connectivity index (χ0n) is 18.0. The molecule has 0 saturated heterocycles. The molecule has 0 unspecified atom stereocenters. The molecular formula is C26H19FN4O3. The molecule has 34 heavy (non-hydrogen) atoms. The fraction of sp³-hybridized carbons (Fsp3) is 0.115.